The summed E-state index contributed by atoms with van der Waals surface area (Å²) < 4.78 is 0. The van der Waals surface area contributed by atoms with E-state index in [2.05, 4.69) is 17.6 Å². The van der Waals surface area contributed by atoms with Crippen LogP contribution in [0.2, 0.25) is 5.02 Å². The van der Waals surface area contributed by atoms with E-state index in [-0.39, 0.29) is 0 Å². The van der Waals surface area contributed by atoms with Gasteiger partial charge in [-0.2, -0.15) is 0 Å². The molecule has 0 saturated heterocycles. The molecule has 0 bridgehead atoms. The third-order valence-electron chi connectivity index (χ3n) is 1.50. The van der Waals surface area contributed by atoms with E-state index in [0.29, 0.717) is 0 Å². The van der Waals surface area contributed by atoms with Crippen LogP contribution < -0.4 is 5.32 Å². The maximum absolute atomic E-state index is 6.01. The summed E-state index contributed by atoms with van der Waals surface area (Å²) in [6.45, 7) is 6.02. The van der Waals surface area contributed by atoms with E-state index in [1.54, 1.807) is 11.3 Å². The summed E-state index contributed by atoms with van der Waals surface area (Å²) >= 11 is 7.74. The van der Waals surface area contributed by atoms with Crippen molar-refractivity contribution in [3.63, 3.8) is 0 Å². The SMILES string of the molecule is CCNCc1scc(C)c1Cl. The number of thiophene rings is 1. The fourth-order valence-corrected chi connectivity index (χ4v) is 2.05. The van der Waals surface area contributed by atoms with Gasteiger partial charge in [0.2, 0.25) is 0 Å². The first kappa shape index (κ1) is 9.04. The van der Waals surface area contributed by atoms with Gasteiger partial charge in [0.05, 0.1) is 5.02 Å². The lowest BCUT2D eigenvalue weighted by molar-refractivity contribution is 0.735. The average Bonchev–Trinajstić information content (AvgIpc) is 2.31. The van der Waals surface area contributed by atoms with Gasteiger partial charge in [0.15, 0.2) is 0 Å². The molecule has 0 unspecified atom stereocenters. The van der Waals surface area contributed by atoms with Gasteiger partial charge in [0, 0.05) is 11.4 Å². The Morgan fingerprint density at radius 1 is 1.64 bits per heavy atom. The molecule has 0 spiro atoms. The van der Waals surface area contributed by atoms with Crippen molar-refractivity contribution < 1.29 is 0 Å². The Morgan fingerprint density at radius 2 is 2.36 bits per heavy atom. The molecule has 1 rings (SSSR count). The highest BCUT2D eigenvalue weighted by Crippen LogP contribution is 2.26. The van der Waals surface area contributed by atoms with E-state index in [4.69, 9.17) is 11.6 Å². The van der Waals surface area contributed by atoms with Crippen LogP contribution in [-0.2, 0) is 6.54 Å². The molecule has 1 nitrogen and oxygen atoms in total. The number of nitrogens with one attached hydrogen (secondary N) is 1. The van der Waals surface area contributed by atoms with E-state index in [0.717, 1.165) is 18.1 Å². The Kier molecular flexibility index (Phi) is 3.37. The zero-order chi connectivity index (χ0) is 8.27. The van der Waals surface area contributed by atoms with Gasteiger partial charge < -0.3 is 5.32 Å². The third kappa shape index (κ3) is 2.19. The smallest absolute Gasteiger partial charge is 0.0587 e. The summed E-state index contributed by atoms with van der Waals surface area (Å²) in [5.74, 6) is 0. The molecular formula is C8H12ClNS. The first-order valence-corrected chi connectivity index (χ1v) is 4.94. The van der Waals surface area contributed by atoms with Crippen molar-refractivity contribution in [2.45, 2.75) is 20.4 Å². The standard InChI is InChI=1S/C8H12ClNS/c1-3-10-4-7-8(9)6(2)5-11-7/h5,10H,3-4H2,1-2H3. The van der Waals surface area contributed by atoms with Crippen LogP contribution in [-0.4, -0.2) is 6.54 Å². The van der Waals surface area contributed by atoms with Crippen LogP contribution in [0.3, 0.4) is 0 Å². The van der Waals surface area contributed by atoms with E-state index in [9.17, 15) is 0 Å². The Hall–Kier alpha value is -0.0500. The molecular weight excluding hydrogens is 178 g/mol. The van der Waals surface area contributed by atoms with Crippen molar-refractivity contribution in [3.8, 4) is 0 Å². The van der Waals surface area contributed by atoms with Gasteiger partial charge in [-0.15, -0.1) is 11.3 Å². The quantitative estimate of drug-likeness (QED) is 0.771. The molecule has 1 N–H and O–H groups in total. The van der Waals surface area contributed by atoms with Gasteiger partial charge in [-0.3, -0.25) is 0 Å². The maximum Gasteiger partial charge on any atom is 0.0587 e. The van der Waals surface area contributed by atoms with Gasteiger partial charge in [-0.1, -0.05) is 18.5 Å². The average molecular weight is 190 g/mol. The molecule has 0 saturated carbocycles. The van der Waals surface area contributed by atoms with E-state index in [1.165, 1.54) is 10.4 Å². The maximum atomic E-state index is 6.01. The Bertz CT molecular complexity index is 232. The Morgan fingerprint density at radius 3 is 2.82 bits per heavy atom. The van der Waals surface area contributed by atoms with Crippen LogP contribution in [0.25, 0.3) is 0 Å². The predicted molar refractivity (Wildman–Crippen MR) is 51.4 cm³/mol. The van der Waals surface area contributed by atoms with Crippen molar-refractivity contribution in [1.29, 1.82) is 0 Å². The lowest BCUT2D eigenvalue weighted by Gasteiger charge is -1.98. The predicted octanol–water partition coefficient (Wildman–Crippen LogP) is 2.82. The first-order valence-electron chi connectivity index (χ1n) is 3.69. The van der Waals surface area contributed by atoms with E-state index in [1.807, 2.05) is 6.92 Å². The molecule has 11 heavy (non-hydrogen) atoms. The lowest BCUT2D eigenvalue weighted by Crippen LogP contribution is -2.10. The summed E-state index contributed by atoms with van der Waals surface area (Å²) in [7, 11) is 0. The highest BCUT2D eigenvalue weighted by Gasteiger charge is 2.03. The second-order valence-electron chi connectivity index (χ2n) is 2.44. The van der Waals surface area contributed by atoms with Gasteiger partial charge in [-0.25, -0.2) is 0 Å². The van der Waals surface area contributed by atoms with Crippen molar-refractivity contribution in [2.24, 2.45) is 0 Å². The number of aryl methyl sites for hydroxylation is 1. The highest BCUT2D eigenvalue weighted by molar-refractivity contribution is 7.10. The van der Waals surface area contributed by atoms with Gasteiger partial charge in [0.25, 0.3) is 0 Å². The molecule has 62 valence electrons. The van der Waals surface area contributed by atoms with Crippen LogP contribution >= 0.6 is 22.9 Å². The largest absolute Gasteiger partial charge is 0.312 e. The zero-order valence-corrected chi connectivity index (χ0v) is 8.35. The number of halogens is 1. The van der Waals surface area contributed by atoms with Crippen LogP contribution in [0.1, 0.15) is 17.4 Å². The topological polar surface area (TPSA) is 12.0 Å². The molecule has 0 aliphatic carbocycles. The summed E-state index contributed by atoms with van der Waals surface area (Å²) in [6.07, 6.45) is 0. The molecule has 1 aromatic heterocycles. The normalized spacial score (nSPS) is 10.5. The third-order valence-corrected chi connectivity index (χ3v) is 3.25. The lowest BCUT2D eigenvalue weighted by atomic mass is 10.3. The van der Waals surface area contributed by atoms with Crippen molar-refractivity contribution in [3.05, 3.63) is 20.8 Å². The molecule has 3 heteroatoms. The van der Waals surface area contributed by atoms with Crippen molar-refractivity contribution in [1.82, 2.24) is 5.32 Å². The van der Waals surface area contributed by atoms with Crippen molar-refractivity contribution >= 4 is 22.9 Å². The molecule has 0 amide bonds. The molecule has 0 aliphatic rings. The Balaban J connectivity index is 2.63. The highest BCUT2D eigenvalue weighted by atomic mass is 35.5. The van der Waals surface area contributed by atoms with Crippen LogP contribution in [0.15, 0.2) is 5.38 Å². The molecule has 0 aromatic carbocycles. The molecule has 1 heterocycles. The monoisotopic (exact) mass is 189 g/mol. The zero-order valence-electron chi connectivity index (χ0n) is 6.78. The summed E-state index contributed by atoms with van der Waals surface area (Å²) in [4.78, 5) is 1.24. The fraction of sp³-hybridized carbons (Fsp3) is 0.500. The van der Waals surface area contributed by atoms with Gasteiger partial charge >= 0.3 is 0 Å². The fourth-order valence-electron chi connectivity index (χ4n) is 0.841. The minimum Gasteiger partial charge on any atom is -0.312 e. The number of hydrogen-bond donors (Lipinski definition) is 1. The second-order valence-corrected chi connectivity index (χ2v) is 3.78. The van der Waals surface area contributed by atoms with Crippen LogP contribution in [0.5, 0.6) is 0 Å². The van der Waals surface area contributed by atoms with Crippen LogP contribution in [0.4, 0.5) is 0 Å². The molecule has 0 fully saturated rings. The molecule has 1 aromatic rings. The minimum atomic E-state index is 0.897. The van der Waals surface area contributed by atoms with E-state index >= 15 is 0 Å². The minimum absolute atomic E-state index is 0.897. The molecule has 0 aliphatic heterocycles. The summed E-state index contributed by atoms with van der Waals surface area (Å²) in [5.41, 5.74) is 1.18. The summed E-state index contributed by atoms with van der Waals surface area (Å²) in [6, 6.07) is 0. The second kappa shape index (κ2) is 4.10. The van der Waals surface area contributed by atoms with Gasteiger partial charge in [0.1, 0.15) is 0 Å². The molecule has 0 radical (unpaired) electrons. The number of rotatable bonds is 3. The Labute approximate surface area is 76.4 Å². The molecule has 0 atom stereocenters. The van der Waals surface area contributed by atoms with Crippen molar-refractivity contribution in [2.75, 3.05) is 6.54 Å². The number of hydrogen-bond acceptors (Lipinski definition) is 2. The summed E-state index contributed by atoms with van der Waals surface area (Å²) in [5, 5.41) is 6.26. The van der Waals surface area contributed by atoms with E-state index < -0.39 is 0 Å². The first-order chi connectivity index (χ1) is 5.25. The van der Waals surface area contributed by atoms with Crippen LogP contribution in [0, 0.1) is 6.92 Å². The van der Waals surface area contributed by atoms with Gasteiger partial charge in [-0.05, 0) is 24.4 Å².